The first-order chi connectivity index (χ1) is 10.2. The second-order valence-corrected chi connectivity index (χ2v) is 5.57. The monoisotopic (exact) mass is 305 g/mol. The van der Waals surface area contributed by atoms with E-state index < -0.39 is 0 Å². The largest absolute Gasteiger partial charge is 0.380 e. The van der Waals surface area contributed by atoms with Gasteiger partial charge in [-0.2, -0.15) is 0 Å². The fourth-order valence-electron chi connectivity index (χ4n) is 2.23. The summed E-state index contributed by atoms with van der Waals surface area (Å²) in [5.41, 5.74) is 2.50. The Labute approximate surface area is 128 Å². The van der Waals surface area contributed by atoms with Gasteiger partial charge in [-0.05, 0) is 42.5 Å². The van der Waals surface area contributed by atoms with Crippen molar-refractivity contribution in [3.63, 3.8) is 0 Å². The van der Waals surface area contributed by atoms with Gasteiger partial charge in [0.2, 0.25) is 0 Å². The van der Waals surface area contributed by atoms with Gasteiger partial charge in [0.25, 0.3) is 0 Å². The minimum absolute atomic E-state index is 0.106. The molecule has 0 aliphatic heterocycles. The Morgan fingerprint density at radius 2 is 1.90 bits per heavy atom. The van der Waals surface area contributed by atoms with Gasteiger partial charge in [0, 0.05) is 18.0 Å². The van der Waals surface area contributed by atoms with Gasteiger partial charge < -0.3 is 10.6 Å². The molecule has 0 bridgehead atoms. The maximum atomic E-state index is 11.3. The number of rotatable bonds is 7. The summed E-state index contributed by atoms with van der Waals surface area (Å²) in [6.45, 7) is 5.29. The van der Waals surface area contributed by atoms with Crippen molar-refractivity contribution >= 4 is 28.4 Å². The second kappa shape index (κ2) is 7.08. The molecule has 0 radical (unpaired) electrons. The zero-order chi connectivity index (χ0) is 15.2. The quantitative estimate of drug-likeness (QED) is 0.592. The lowest BCUT2D eigenvalue weighted by Gasteiger charge is -2.11. The van der Waals surface area contributed by atoms with Gasteiger partial charge in [-0.25, -0.2) is 0 Å². The highest BCUT2D eigenvalue weighted by Crippen LogP contribution is 2.33. The standard InChI is InChI=1S/C15H19N3O2S/c1-3-11-8-9-21-14(11)10-17-13-7-5-6-12(16-4-2)15(13)18(19)20/h5-9,16-17H,3-4,10H2,1-2H3. The lowest BCUT2D eigenvalue weighted by atomic mass is 10.2. The number of nitro groups is 1. The molecule has 1 aromatic carbocycles. The van der Waals surface area contributed by atoms with E-state index in [1.807, 2.05) is 13.0 Å². The zero-order valence-electron chi connectivity index (χ0n) is 12.2. The number of thiophene rings is 1. The molecule has 2 N–H and O–H groups in total. The number of nitrogens with zero attached hydrogens (tertiary/aromatic N) is 1. The molecule has 0 atom stereocenters. The molecular formula is C15H19N3O2S. The molecule has 0 saturated carbocycles. The third-order valence-electron chi connectivity index (χ3n) is 3.24. The van der Waals surface area contributed by atoms with E-state index in [-0.39, 0.29) is 10.6 Å². The molecule has 5 nitrogen and oxygen atoms in total. The van der Waals surface area contributed by atoms with Crippen LogP contribution in [0.25, 0.3) is 0 Å². The Morgan fingerprint density at radius 3 is 2.52 bits per heavy atom. The van der Waals surface area contributed by atoms with Gasteiger partial charge in [0.05, 0.1) is 4.92 Å². The Kier molecular flexibility index (Phi) is 5.16. The van der Waals surface area contributed by atoms with Crippen LogP contribution in [0.5, 0.6) is 0 Å². The van der Waals surface area contributed by atoms with E-state index in [0.717, 1.165) is 6.42 Å². The molecule has 2 rings (SSSR count). The van der Waals surface area contributed by atoms with Crippen molar-refractivity contribution in [3.05, 3.63) is 50.2 Å². The number of nitrogens with one attached hydrogen (secondary N) is 2. The van der Waals surface area contributed by atoms with Crippen molar-refractivity contribution < 1.29 is 4.92 Å². The third-order valence-corrected chi connectivity index (χ3v) is 4.21. The molecule has 6 heteroatoms. The first-order valence-corrected chi connectivity index (χ1v) is 7.85. The van der Waals surface area contributed by atoms with E-state index in [4.69, 9.17) is 0 Å². The Hall–Kier alpha value is -2.08. The molecule has 1 heterocycles. The van der Waals surface area contributed by atoms with E-state index in [1.165, 1.54) is 10.4 Å². The fraction of sp³-hybridized carbons (Fsp3) is 0.333. The number of anilines is 2. The minimum Gasteiger partial charge on any atom is -0.380 e. The molecule has 0 spiro atoms. The van der Waals surface area contributed by atoms with E-state index in [2.05, 4.69) is 29.0 Å². The summed E-state index contributed by atoms with van der Waals surface area (Å²) < 4.78 is 0. The van der Waals surface area contributed by atoms with Crippen molar-refractivity contribution in [2.24, 2.45) is 0 Å². The van der Waals surface area contributed by atoms with E-state index >= 15 is 0 Å². The third kappa shape index (κ3) is 3.52. The summed E-state index contributed by atoms with van der Waals surface area (Å²) in [6, 6.07) is 7.40. The summed E-state index contributed by atoms with van der Waals surface area (Å²) in [5, 5.41) is 19.6. The van der Waals surface area contributed by atoms with Crippen LogP contribution in [0.15, 0.2) is 29.6 Å². The number of para-hydroxylation sites is 1. The number of nitro benzene ring substituents is 1. The summed E-state index contributed by atoms with van der Waals surface area (Å²) in [4.78, 5) is 12.2. The fourth-order valence-corrected chi connectivity index (χ4v) is 3.14. The van der Waals surface area contributed by atoms with Crippen molar-refractivity contribution in [3.8, 4) is 0 Å². The van der Waals surface area contributed by atoms with Gasteiger partial charge in [0.1, 0.15) is 11.4 Å². The SMILES string of the molecule is CCNc1cccc(NCc2sccc2CC)c1[N+](=O)[O-]. The molecular weight excluding hydrogens is 286 g/mol. The second-order valence-electron chi connectivity index (χ2n) is 4.57. The first-order valence-electron chi connectivity index (χ1n) is 6.97. The van der Waals surface area contributed by atoms with Gasteiger partial charge >= 0.3 is 5.69 Å². The molecule has 0 unspecified atom stereocenters. The molecule has 0 amide bonds. The normalized spacial score (nSPS) is 10.4. The maximum absolute atomic E-state index is 11.3. The van der Waals surface area contributed by atoms with Crippen LogP contribution in [0, 0.1) is 10.1 Å². The Balaban J connectivity index is 2.23. The number of aryl methyl sites for hydroxylation is 1. The highest BCUT2D eigenvalue weighted by Gasteiger charge is 2.19. The number of benzene rings is 1. The van der Waals surface area contributed by atoms with Crippen LogP contribution >= 0.6 is 11.3 Å². The number of hydrogen-bond acceptors (Lipinski definition) is 5. The van der Waals surface area contributed by atoms with Crippen LogP contribution in [0.3, 0.4) is 0 Å². The van der Waals surface area contributed by atoms with Gasteiger partial charge in [-0.15, -0.1) is 11.3 Å². The average Bonchev–Trinajstić information content (AvgIpc) is 2.92. The van der Waals surface area contributed by atoms with Gasteiger partial charge in [0.15, 0.2) is 0 Å². The number of hydrogen-bond donors (Lipinski definition) is 2. The molecule has 0 aliphatic carbocycles. The molecule has 0 fully saturated rings. The summed E-state index contributed by atoms with van der Waals surface area (Å²) in [5.74, 6) is 0. The van der Waals surface area contributed by atoms with Crippen LogP contribution in [0.4, 0.5) is 17.1 Å². The average molecular weight is 305 g/mol. The predicted molar refractivity (Wildman–Crippen MR) is 88.3 cm³/mol. The van der Waals surface area contributed by atoms with Crippen LogP contribution in [-0.4, -0.2) is 11.5 Å². The molecule has 21 heavy (non-hydrogen) atoms. The van der Waals surface area contributed by atoms with Crippen LogP contribution < -0.4 is 10.6 Å². The Bertz CT molecular complexity index is 625. The molecule has 0 saturated heterocycles. The highest BCUT2D eigenvalue weighted by molar-refractivity contribution is 7.10. The zero-order valence-corrected chi connectivity index (χ0v) is 13.0. The first kappa shape index (κ1) is 15.3. The van der Waals surface area contributed by atoms with Crippen molar-refractivity contribution in [2.75, 3.05) is 17.2 Å². The maximum Gasteiger partial charge on any atom is 0.315 e. The molecule has 0 aliphatic rings. The van der Waals surface area contributed by atoms with E-state index in [9.17, 15) is 10.1 Å². The molecule has 2 aromatic rings. The van der Waals surface area contributed by atoms with Crippen LogP contribution in [-0.2, 0) is 13.0 Å². The summed E-state index contributed by atoms with van der Waals surface area (Å²) in [7, 11) is 0. The van der Waals surface area contributed by atoms with Crippen LogP contribution in [0.2, 0.25) is 0 Å². The highest BCUT2D eigenvalue weighted by atomic mass is 32.1. The van der Waals surface area contributed by atoms with Crippen molar-refractivity contribution in [2.45, 2.75) is 26.8 Å². The lowest BCUT2D eigenvalue weighted by molar-refractivity contribution is -0.383. The smallest absolute Gasteiger partial charge is 0.315 e. The van der Waals surface area contributed by atoms with Crippen molar-refractivity contribution in [1.82, 2.24) is 0 Å². The predicted octanol–water partition coefficient (Wildman–Crippen LogP) is 4.26. The minimum atomic E-state index is -0.338. The van der Waals surface area contributed by atoms with Gasteiger partial charge in [-0.1, -0.05) is 13.0 Å². The van der Waals surface area contributed by atoms with Gasteiger partial charge in [-0.3, -0.25) is 10.1 Å². The lowest BCUT2D eigenvalue weighted by Crippen LogP contribution is -2.06. The topological polar surface area (TPSA) is 67.2 Å². The van der Waals surface area contributed by atoms with Crippen molar-refractivity contribution in [1.29, 1.82) is 0 Å². The molecule has 112 valence electrons. The van der Waals surface area contributed by atoms with E-state index in [0.29, 0.717) is 24.5 Å². The van der Waals surface area contributed by atoms with Crippen LogP contribution in [0.1, 0.15) is 24.3 Å². The summed E-state index contributed by atoms with van der Waals surface area (Å²) in [6.07, 6.45) is 0.972. The van der Waals surface area contributed by atoms with E-state index in [1.54, 1.807) is 23.5 Å². The summed E-state index contributed by atoms with van der Waals surface area (Å²) >= 11 is 1.67. The molecule has 1 aromatic heterocycles. The Morgan fingerprint density at radius 1 is 1.19 bits per heavy atom.